The third-order valence-electron chi connectivity index (χ3n) is 6.35. The first-order valence-corrected chi connectivity index (χ1v) is 14.1. The largest absolute Gasteiger partial charge is 0.486 e. The Morgan fingerprint density at radius 3 is 2.76 bits per heavy atom. The fourth-order valence-corrected chi connectivity index (χ4v) is 6.30. The molecule has 0 aliphatic heterocycles. The number of aryl methyl sites for hydroxylation is 3. The van der Waals surface area contributed by atoms with Crippen LogP contribution in [-0.2, 0) is 35.5 Å². The van der Waals surface area contributed by atoms with Crippen molar-refractivity contribution >= 4 is 40.0 Å². The summed E-state index contributed by atoms with van der Waals surface area (Å²) in [6.45, 7) is 8.68. The van der Waals surface area contributed by atoms with Gasteiger partial charge < -0.3 is 14.8 Å². The van der Waals surface area contributed by atoms with Gasteiger partial charge in [-0.1, -0.05) is 30.3 Å². The predicted molar refractivity (Wildman–Crippen MR) is 147 cm³/mol. The second-order valence-electron chi connectivity index (χ2n) is 8.93. The van der Waals surface area contributed by atoms with E-state index in [0.29, 0.717) is 28.1 Å². The van der Waals surface area contributed by atoms with Crippen molar-refractivity contribution in [2.45, 2.75) is 64.3 Å². The third-order valence-corrected chi connectivity index (χ3v) is 8.52. The van der Waals surface area contributed by atoms with Gasteiger partial charge in [-0.2, -0.15) is 0 Å². The number of carbonyl (C=O) groups excluding carboxylic acids is 2. The molecule has 2 heterocycles. The fourth-order valence-electron chi connectivity index (χ4n) is 4.24. The van der Waals surface area contributed by atoms with E-state index < -0.39 is 5.97 Å². The number of thioether (sulfide) groups is 1. The number of fused-ring (bicyclic) bond motifs is 1. The van der Waals surface area contributed by atoms with Gasteiger partial charge in [-0.15, -0.1) is 28.1 Å². The second-order valence-corrected chi connectivity index (χ2v) is 11.0. The van der Waals surface area contributed by atoms with E-state index in [1.165, 1.54) is 40.6 Å². The molecule has 3 aromatic rings. The molecule has 0 radical (unpaired) electrons. The molecule has 37 heavy (non-hydrogen) atoms. The van der Waals surface area contributed by atoms with Crippen molar-refractivity contribution in [2.24, 2.45) is 0 Å². The first-order chi connectivity index (χ1) is 17.9. The highest BCUT2D eigenvalue weighted by atomic mass is 32.2. The third kappa shape index (κ3) is 6.42. The van der Waals surface area contributed by atoms with Crippen molar-refractivity contribution in [3.8, 4) is 5.75 Å². The van der Waals surface area contributed by atoms with Crippen LogP contribution in [-0.4, -0.2) is 39.5 Å². The summed E-state index contributed by atoms with van der Waals surface area (Å²) in [7, 11) is 1.37. The Bertz CT molecular complexity index is 1300. The van der Waals surface area contributed by atoms with Crippen LogP contribution in [0, 0.1) is 13.8 Å². The van der Waals surface area contributed by atoms with E-state index in [4.69, 9.17) is 9.47 Å². The molecule has 1 aliphatic carbocycles. The Morgan fingerprint density at radius 1 is 1.19 bits per heavy atom. The Hall–Kier alpha value is -3.11. The number of nitrogens with zero attached hydrogens (tertiary/aromatic N) is 3. The summed E-state index contributed by atoms with van der Waals surface area (Å²) in [6.07, 6.45) is 6.78. The fraction of sp³-hybridized carbons (Fsp3) is 0.407. The molecule has 196 valence electrons. The zero-order valence-corrected chi connectivity index (χ0v) is 23.1. The number of aromatic nitrogens is 3. The van der Waals surface area contributed by atoms with E-state index >= 15 is 0 Å². The minimum atomic E-state index is -0.401. The lowest BCUT2D eigenvalue weighted by Gasteiger charge is -2.10. The number of carbonyl (C=O) groups is 2. The van der Waals surface area contributed by atoms with Crippen LogP contribution in [0.1, 0.15) is 57.0 Å². The maximum Gasteiger partial charge on any atom is 0.341 e. The number of hydrogen-bond acceptors (Lipinski definition) is 8. The van der Waals surface area contributed by atoms with Crippen LogP contribution in [0.5, 0.6) is 5.75 Å². The molecule has 0 saturated carbocycles. The normalized spacial score (nSPS) is 12.9. The maximum atomic E-state index is 12.9. The molecule has 1 aliphatic rings. The zero-order chi connectivity index (χ0) is 26.4. The lowest BCUT2D eigenvalue weighted by atomic mass is 10.1. The van der Waals surface area contributed by atoms with E-state index in [-0.39, 0.29) is 18.3 Å². The van der Waals surface area contributed by atoms with Gasteiger partial charge in [0.15, 0.2) is 11.0 Å². The van der Waals surface area contributed by atoms with Crippen molar-refractivity contribution in [3.05, 3.63) is 63.8 Å². The second kappa shape index (κ2) is 12.4. The van der Waals surface area contributed by atoms with Gasteiger partial charge in [0.2, 0.25) is 5.91 Å². The van der Waals surface area contributed by atoms with Crippen molar-refractivity contribution in [2.75, 3.05) is 18.2 Å². The Labute approximate surface area is 225 Å². The van der Waals surface area contributed by atoms with Gasteiger partial charge in [-0.25, -0.2) is 4.79 Å². The minimum absolute atomic E-state index is 0.121. The van der Waals surface area contributed by atoms with Gasteiger partial charge in [0.05, 0.1) is 18.4 Å². The molecule has 1 amide bonds. The van der Waals surface area contributed by atoms with Gasteiger partial charge in [-0.3, -0.25) is 9.36 Å². The lowest BCUT2D eigenvalue weighted by Crippen LogP contribution is -2.17. The summed E-state index contributed by atoms with van der Waals surface area (Å²) in [5.41, 5.74) is 3.89. The molecule has 8 nitrogen and oxygen atoms in total. The molecular formula is C27H32N4O4S2. The van der Waals surface area contributed by atoms with Gasteiger partial charge in [0.25, 0.3) is 0 Å². The molecule has 0 fully saturated rings. The minimum Gasteiger partial charge on any atom is -0.486 e. The summed E-state index contributed by atoms with van der Waals surface area (Å²) in [5.74, 6) is 0.918. The Morgan fingerprint density at radius 2 is 2.00 bits per heavy atom. The molecule has 1 N–H and O–H groups in total. The van der Waals surface area contributed by atoms with Crippen LogP contribution >= 0.6 is 23.1 Å². The summed E-state index contributed by atoms with van der Waals surface area (Å²) < 4.78 is 12.9. The average molecular weight is 541 g/mol. The molecule has 1 aromatic carbocycles. The summed E-state index contributed by atoms with van der Waals surface area (Å²) in [6, 6.07) is 5.95. The first-order valence-electron chi connectivity index (χ1n) is 12.3. The van der Waals surface area contributed by atoms with Gasteiger partial charge in [0.1, 0.15) is 17.4 Å². The van der Waals surface area contributed by atoms with Crippen LogP contribution in [0.15, 0.2) is 36.0 Å². The molecule has 10 heteroatoms. The van der Waals surface area contributed by atoms with E-state index in [2.05, 4.69) is 29.0 Å². The van der Waals surface area contributed by atoms with Crippen LogP contribution in [0.4, 0.5) is 5.00 Å². The average Bonchev–Trinajstić information content (AvgIpc) is 3.34. The highest BCUT2D eigenvalue weighted by Gasteiger charge is 2.26. The SMILES string of the molecule is C=CCn1c(COc2ccc(C)c(C)c2)nnc1SCC(=O)Nc1sc2c(c1C(=O)OC)CCCCC2. The van der Waals surface area contributed by atoms with Gasteiger partial charge in [-0.05, 0) is 68.4 Å². The number of rotatable bonds is 10. The maximum absolute atomic E-state index is 12.9. The number of anilines is 1. The molecule has 0 saturated heterocycles. The van der Waals surface area contributed by atoms with E-state index in [1.54, 1.807) is 6.08 Å². The van der Waals surface area contributed by atoms with Gasteiger partial charge in [0, 0.05) is 11.4 Å². The zero-order valence-electron chi connectivity index (χ0n) is 21.5. The molecule has 4 rings (SSSR count). The number of thiophene rings is 1. The smallest absolute Gasteiger partial charge is 0.341 e. The number of allylic oxidation sites excluding steroid dienone is 1. The predicted octanol–water partition coefficient (Wildman–Crippen LogP) is 5.51. The number of ether oxygens (including phenoxy) is 2. The monoisotopic (exact) mass is 540 g/mol. The standard InChI is InChI=1S/C27H32N4O4S2/c1-5-13-31-22(15-35-19-12-11-17(2)18(3)14-19)29-30-27(31)36-16-23(32)28-25-24(26(33)34-4)20-9-7-6-8-10-21(20)37-25/h5,11-12,14H,1,6-10,13,15-16H2,2-4H3,(H,28,32). The Kier molecular flexibility index (Phi) is 9.04. The molecule has 0 spiro atoms. The number of nitrogens with one attached hydrogen (secondary N) is 1. The molecule has 0 atom stereocenters. The topological polar surface area (TPSA) is 95.3 Å². The lowest BCUT2D eigenvalue weighted by molar-refractivity contribution is -0.113. The number of esters is 1. The van der Waals surface area contributed by atoms with Crippen LogP contribution < -0.4 is 10.1 Å². The first kappa shape index (κ1) is 26.9. The van der Waals surface area contributed by atoms with Crippen molar-refractivity contribution in [1.29, 1.82) is 0 Å². The summed E-state index contributed by atoms with van der Waals surface area (Å²) in [4.78, 5) is 26.6. The Balaban J connectivity index is 1.43. The highest BCUT2D eigenvalue weighted by Crippen LogP contribution is 2.38. The van der Waals surface area contributed by atoms with Crippen molar-refractivity contribution < 1.29 is 19.1 Å². The number of methoxy groups -OCH3 is 1. The summed E-state index contributed by atoms with van der Waals surface area (Å²) >= 11 is 2.77. The van der Waals surface area contributed by atoms with E-state index in [0.717, 1.165) is 49.0 Å². The number of amides is 1. The molecular weight excluding hydrogens is 508 g/mol. The molecule has 2 aromatic heterocycles. The van der Waals surface area contributed by atoms with Crippen LogP contribution in [0.2, 0.25) is 0 Å². The van der Waals surface area contributed by atoms with E-state index in [9.17, 15) is 9.59 Å². The van der Waals surface area contributed by atoms with E-state index in [1.807, 2.05) is 29.7 Å². The van der Waals surface area contributed by atoms with Gasteiger partial charge >= 0.3 is 5.97 Å². The van der Waals surface area contributed by atoms with Crippen molar-refractivity contribution in [3.63, 3.8) is 0 Å². The number of benzene rings is 1. The van der Waals surface area contributed by atoms with Crippen LogP contribution in [0.25, 0.3) is 0 Å². The summed E-state index contributed by atoms with van der Waals surface area (Å²) in [5, 5.41) is 12.7. The molecule has 0 unspecified atom stereocenters. The van der Waals surface area contributed by atoms with Crippen molar-refractivity contribution in [1.82, 2.24) is 14.8 Å². The quantitative estimate of drug-likeness (QED) is 0.157. The number of hydrogen-bond donors (Lipinski definition) is 1. The van der Waals surface area contributed by atoms with Crippen LogP contribution in [0.3, 0.4) is 0 Å². The molecule has 0 bridgehead atoms. The highest BCUT2D eigenvalue weighted by molar-refractivity contribution is 7.99.